The van der Waals surface area contributed by atoms with Gasteiger partial charge in [-0.15, -0.1) is 0 Å². The lowest BCUT2D eigenvalue weighted by molar-refractivity contribution is -0.142. The second kappa shape index (κ2) is 5.39. The molecule has 0 spiro atoms. The van der Waals surface area contributed by atoms with E-state index in [4.69, 9.17) is 0 Å². The molecule has 0 aliphatic heterocycles. The molecule has 2 aromatic rings. The summed E-state index contributed by atoms with van der Waals surface area (Å²) in [6, 6.07) is 0. The molecule has 0 fully saturated rings. The number of alkyl halides is 3. The Morgan fingerprint density at radius 2 is 1.95 bits per heavy atom. The summed E-state index contributed by atoms with van der Waals surface area (Å²) in [6.07, 6.45) is -4.34. The van der Waals surface area contributed by atoms with Crippen molar-refractivity contribution in [1.29, 1.82) is 0 Å². The number of thiazole rings is 1. The Kier molecular flexibility index (Phi) is 3.98. The molecule has 0 saturated heterocycles. The molecule has 0 radical (unpaired) electrons. The Morgan fingerprint density at radius 1 is 1.25 bits per heavy atom. The molecule has 1 N–H and O–H groups in total. The zero-order valence-corrected chi connectivity index (χ0v) is 12.1. The van der Waals surface area contributed by atoms with Crippen molar-refractivity contribution < 1.29 is 13.2 Å². The van der Waals surface area contributed by atoms with Crippen LogP contribution in [0.2, 0.25) is 0 Å². The zero-order valence-electron chi connectivity index (χ0n) is 11.2. The summed E-state index contributed by atoms with van der Waals surface area (Å²) in [7, 11) is 0. The number of aryl methyl sites for hydroxylation is 2. The first kappa shape index (κ1) is 14.8. The van der Waals surface area contributed by atoms with Crippen LogP contribution in [0.4, 0.5) is 18.3 Å². The van der Waals surface area contributed by atoms with E-state index in [1.54, 1.807) is 13.8 Å². The molecule has 2 aromatic heterocycles. The fourth-order valence-electron chi connectivity index (χ4n) is 1.73. The molecule has 2 heterocycles. The summed E-state index contributed by atoms with van der Waals surface area (Å²) in [6.45, 7) is 4.77. The lowest BCUT2D eigenvalue weighted by Gasteiger charge is -2.08. The minimum absolute atomic E-state index is 0.207. The number of nitrogens with one attached hydrogen (secondary N) is 1. The van der Waals surface area contributed by atoms with E-state index in [9.17, 15) is 13.2 Å². The third-order valence-electron chi connectivity index (χ3n) is 2.43. The molecule has 0 aromatic carbocycles. The fourth-order valence-corrected chi connectivity index (χ4v) is 2.76. The summed E-state index contributed by atoms with van der Waals surface area (Å²) >= 11 is 1.28. The summed E-state index contributed by atoms with van der Waals surface area (Å²) in [4.78, 5) is 8.97. The number of aromatic nitrogens is 4. The van der Waals surface area contributed by atoms with E-state index >= 15 is 0 Å². The van der Waals surface area contributed by atoms with Gasteiger partial charge in [0.05, 0.1) is 10.6 Å². The Hall–Kier alpha value is -1.64. The van der Waals surface area contributed by atoms with E-state index in [2.05, 4.69) is 20.4 Å². The Labute approximate surface area is 117 Å². The third-order valence-corrected chi connectivity index (χ3v) is 3.55. The van der Waals surface area contributed by atoms with Crippen molar-refractivity contribution in [2.75, 3.05) is 11.9 Å². The second-order valence-electron chi connectivity index (χ2n) is 4.22. The number of anilines is 1. The topological polar surface area (TPSA) is 55.6 Å². The average Bonchev–Trinajstić information content (AvgIpc) is 2.80. The van der Waals surface area contributed by atoms with Crippen molar-refractivity contribution in [3.05, 3.63) is 11.5 Å². The van der Waals surface area contributed by atoms with Crippen molar-refractivity contribution in [1.82, 2.24) is 19.7 Å². The van der Waals surface area contributed by atoms with Gasteiger partial charge in [-0.2, -0.15) is 18.3 Å². The number of nitrogens with zero attached hydrogens (tertiary/aromatic N) is 4. The predicted octanol–water partition coefficient (Wildman–Crippen LogP) is 3.01. The highest BCUT2D eigenvalue weighted by molar-refractivity contribution is 7.19. The molecule has 0 saturated carbocycles. The first-order valence-electron chi connectivity index (χ1n) is 6.00. The molecule has 110 valence electrons. The van der Waals surface area contributed by atoms with Gasteiger partial charge in [-0.3, -0.25) is 0 Å². The van der Waals surface area contributed by atoms with Gasteiger partial charge in [0, 0.05) is 6.54 Å². The number of hydrogen-bond acceptors (Lipinski definition) is 5. The van der Waals surface area contributed by atoms with Crippen LogP contribution in [0.3, 0.4) is 0 Å². The maximum absolute atomic E-state index is 12.6. The Balaban J connectivity index is 2.42. The van der Waals surface area contributed by atoms with Crippen LogP contribution in [0.1, 0.15) is 18.4 Å². The summed E-state index contributed by atoms with van der Waals surface area (Å²) < 4.78 is 38.6. The standard InChI is InChI=1S/C11H14F3N5S/c1-4-15-10-16-6(2)8(20-10)9-17-7(3)18-19(9)5-11(12,13)14/h4-5H2,1-3H3,(H,15,16). The zero-order chi connectivity index (χ0) is 14.9. The maximum Gasteiger partial charge on any atom is 0.408 e. The highest BCUT2D eigenvalue weighted by Crippen LogP contribution is 2.32. The van der Waals surface area contributed by atoms with Crippen LogP contribution in [-0.4, -0.2) is 32.5 Å². The molecule has 2 rings (SSSR count). The van der Waals surface area contributed by atoms with E-state index < -0.39 is 12.7 Å². The smallest absolute Gasteiger partial charge is 0.362 e. The number of halogens is 3. The summed E-state index contributed by atoms with van der Waals surface area (Å²) in [5.74, 6) is 0.515. The summed E-state index contributed by atoms with van der Waals surface area (Å²) in [5.41, 5.74) is 0.641. The van der Waals surface area contributed by atoms with Crippen molar-refractivity contribution in [3.63, 3.8) is 0 Å². The lowest BCUT2D eigenvalue weighted by Crippen LogP contribution is -2.19. The van der Waals surface area contributed by atoms with E-state index in [0.717, 1.165) is 4.68 Å². The highest BCUT2D eigenvalue weighted by Gasteiger charge is 2.31. The van der Waals surface area contributed by atoms with Gasteiger partial charge in [-0.1, -0.05) is 11.3 Å². The summed E-state index contributed by atoms with van der Waals surface area (Å²) in [5, 5.41) is 7.52. The van der Waals surface area contributed by atoms with Gasteiger partial charge in [0.2, 0.25) is 0 Å². The van der Waals surface area contributed by atoms with Crippen LogP contribution < -0.4 is 5.32 Å². The van der Waals surface area contributed by atoms with Crippen LogP contribution in [-0.2, 0) is 6.54 Å². The largest absolute Gasteiger partial charge is 0.408 e. The van der Waals surface area contributed by atoms with Gasteiger partial charge in [0.1, 0.15) is 12.4 Å². The van der Waals surface area contributed by atoms with Crippen LogP contribution in [0.25, 0.3) is 10.7 Å². The molecular formula is C11H14F3N5S. The molecule has 0 aliphatic rings. The molecule has 9 heteroatoms. The van der Waals surface area contributed by atoms with Crippen LogP contribution >= 0.6 is 11.3 Å². The SMILES string of the molecule is CCNc1nc(C)c(-c2nc(C)nn2CC(F)(F)F)s1. The molecule has 0 bridgehead atoms. The van der Waals surface area contributed by atoms with Crippen LogP contribution in [0.15, 0.2) is 0 Å². The normalized spacial score (nSPS) is 11.9. The molecule has 20 heavy (non-hydrogen) atoms. The Bertz CT molecular complexity index is 602. The van der Waals surface area contributed by atoms with Crippen molar-refractivity contribution >= 4 is 16.5 Å². The van der Waals surface area contributed by atoms with E-state index in [1.807, 2.05) is 6.92 Å². The van der Waals surface area contributed by atoms with Gasteiger partial charge in [0.15, 0.2) is 11.0 Å². The van der Waals surface area contributed by atoms with Gasteiger partial charge in [-0.25, -0.2) is 14.6 Å². The highest BCUT2D eigenvalue weighted by atomic mass is 32.1. The van der Waals surface area contributed by atoms with Crippen LogP contribution in [0, 0.1) is 13.8 Å². The van der Waals surface area contributed by atoms with E-state index in [0.29, 0.717) is 28.1 Å². The first-order valence-corrected chi connectivity index (χ1v) is 6.81. The third kappa shape index (κ3) is 3.27. The Morgan fingerprint density at radius 3 is 2.55 bits per heavy atom. The second-order valence-corrected chi connectivity index (χ2v) is 5.22. The van der Waals surface area contributed by atoms with Gasteiger partial charge in [-0.05, 0) is 20.8 Å². The van der Waals surface area contributed by atoms with E-state index in [1.165, 1.54) is 11.3 Å². The molecule has 5 nitrogen and oxygen atoms in total. The fraction of sp³-hybridized carbons (Fsp3) is 0.545. The van der Waals surface area contributed by atoms with Gasteiger partial charge >= 0.3 is 6.18 Å². The minimum atomic E-state index is -4.34. The molecule has 0 unspecified atom stereocenters. The van der Waals surface area contributed by atoms with Gasteiger partial charge < -0.3 is 5.32 Å². The maximum atomic E-state index is 12.6. The monoisotopic (exact) mass is 305 g/mol. The lowest BCUT2D eigenvalue weighted by atomic mass is 10.4. The molecule has 0 amide bonds. The molecule has 0 aliphatic carbocycles. The first-order chi connectivity index (χ1) is 9.30. The average molecular weight is 305 g/mol. The number of hydrogen-bond donors (Lipinski definition) is 1. The van der Waals surface area contributed by atoms with E-state index in [-0.39, 0.29) is 5.82 Å². The van der Waals surface area contributed by atoms with Crippen molar-refractivity contribution in [2.45, 2.75) is 33.5 Å². The number of rotatable bonds is 4. The molecular weight excluding hydrogens is 291 g/mol. The van der Waals surface area contributed by atoms with Crippen molar-refractivity contribution in [2.24, 2.45) is 0 Å². The quantitative estimate of drug-likeness (QED) is 0.943. The van der Waals surface area contributed by atoms with Gasteiger partial charge in [0.25, 0.3) is 0 Å². The van der Waals surface area contributed by atoms with Crippen LogP contribution in [0.5, 0.6) is 0 Å². The van der Waals surface area contributed by atoms with Crippen molar-refractivity contribution in [3.8, 4) is 10.7 Å². The predicted molar refractivity (Wildman–Crippen MR) is 70.8 cm³/mol. The molecule has 0 atom stereocenters. The minimum Gasteiger partial charge on any atom is -0.362 e.